The van der Waals surface area contributed by atoms with Gasteiger partial charge >= 0.3 is 5.97 Å². The lowest BCUT2D eigenvalue weighted by Crippen LogP contribution is -2.38. The lowest BCUT2D eigenvalue weighted by molar-refractivity contribution is -0.167. The fourth-order valence-electron chi connectivity index (χ4n) is 2.98. The highest BCUT2D eigenvalue weighted by Gasteiger charge is 2.40. The van der Waals surface area contributed by atoms with Gasteiger partial charge in [0.05, 0.1) is 0 Å². The summed E-state index contributed by atoms with van der Waals surface area (Å²) in [6, 6.07) is 0. The number of rotatable bonds is 4. The molecule has 0 heterocycles. The lowest BCUT2D eigenvalue weighted by atomic mass is 9.86. The summed E-state index contributed by atoms with van der Waals surface area (Å²) in [4.78, 5) is 23.6. The van der Waals surface area contributed by atoms with Crippen molar-refractivity contribution in [1.82, 2.24) is 0 Å². The molecule has 18 heavy (non-hydrogen) atoms. The van der Waals surface area contributed by atoms with Crippen LogP contribution in [0.5, 0.6) is 0 Å². The summed E-state index contributed by atoms with van der Waals surface area (Å²) in [5, 5.41) is 10.00. The molecule has 0 spiro atoms. The molecule has 0 saturated heterocycles. The summed E-state index contributed by atoms with van der Waals surface area (Å²) in [6.45, 7) is -0.161. The topological polar surface area (TPSA) is 63.6 Å². The van der Waals surface area contributed by atoms with Crippen molar-refractivity contribution in [3.05, 3.63) is 0 Å². The molecule has 0 aromatic heterocycles. The molecular formula is C14H22O4. The number of Topliss-reactive ketones (excluding diaryl/α,β-unsaturated/α-hetero) is 1. The maximum atomic E-state index is 11.9. The molecule has 0 aliphatic heterocycles. The van der Waals surface area contributed by atoms with Gasteiger partial charge in [-0.05, 0) is 38.5 Å². The summed E-state index contributed by atoms with van der Waals surface area (Å²) in [6.07, 6.45) is 7.84. The molecule has 0 unspecified atom stereocenters. The largest absolute Gasteiger partial charge is 0.456 e. The smallest absolute Gasteiger partial charge is 0.338 e. The van der Waals surface area contributed by atoms with Crippen LogP contribution in [-0.4, -0.2) is 29.1 Å². The minimum Gasteiger partial charge on any atom is -0.456 e. The lowest BCUT2D eigenvalue weighted by Gasteiger charge is -2.22. The standard InChI is InChI=1S/C14H22O4/c15-12(11-6-2-1-3-7-11)10-18-13(16)14(17)8-4-5-9-14/h11,17H,1-10H2. The van der Waals surface area contributed by atoms with E-state index in [9.17, 15) is 14.7 Å². The number of carbonyl (C=O) groups is 2. The molecule has 1 N–H and O–H groups in total. The van der Waals surface area contributed by atoms with Gasteiger partial charge in [-0.25, -0.2) is 4.79 Å². The van der Waals surface area contributed by atoms with Crippen LogP contribution in [0.25, 0.3) is 0 Å². The van der Waals surface area contributed by atoms with Gasteiger partial charge in [-0.15, -0.1) is 0 Å². The van der Waals surface area contributed by atoms with Gasteiger partial charge in [-0.2, -0.15) is 0 Å². The zero-order valence-electron chi connectivity index (χ0n) is 10.8. The SMILES string of the molecule is O=C(COC(=O)C1(O)CCCC1)C1CCCCC1. The van der Waals surface area contributed by atoms with Crippen molar-refractivity contribution >= 4 is 11.8 Å². The molecule has 2 aliphatic rings. The Balaban J connectivity index is 1.76. The van der Waals surface area contributed by atoms with Gasteiger partial charge in [0.15, 0.2) is 11.4 Å². The van der Waals surface area contributed by atoms with Crippen molar-refractivity contribution in [2.24, 2.45) is 5.92 Å². The van der Waals surface area contributed by atoms with E-state index >= 15 is 0 Å². The second kappa shape index (κ2) is 5.83. The summed E-state index contributed by atoms with van der Waals surface area (Å²) in [7, 11) is 0. The number of esters is 1. The van der Waals surface area contributed by atoms with E-state index in [0.717, 1.165) is 38.5 Å². The average molecular weight is 254 g/mol. The van der Waals surface area contributed by atoms with Gasteiger partial charge < -0.3 is 9.84 Å². The maximum Gasteiger partial charge on any atom is 0.338 e. The van der Waals surface area contributed by atoms with Crippen LogP contribution in [-0.2, 0) is 14.3 Å². The van der Waals surface area contributed by atoms with E-state index < -0.39 is 11.6 Å². The van der Waals surface area contributed by atoms with Crippen LogP contribution in [0, 0.1) is 5.92 Å². The van der Waals surface area contributed by atoms with Crippen molar-refractivity contribution in [2.45, 2.75) is 63.4 Å². The molecule has 2 rings (SSSR count). The molecule has 0 radical (unpaired) electrons. The first-order valence-corrected chi connectivity index (χ1v) is 7.04. The Morgan fingerprint density at radius 3 is 2.28 bits per heavy atom. The average Bonchev–Trinajstić information content (AvgIpc) is 2.85. The number of hydrogen-bond donors (Lipinski definition) is 1. The summed E-state index contributed by atoms with van der Waals surface area (Å²) in [5.74, 6) is -0.529. The van der Waals surface area contributed by atoms with Gasteiger partial charge in [0.2, 0.25) is 0 Å². The quantitative estimate of drug-likeness (QED) is 0.779. The minimum absolute atomic E-state index is 0.0182. The van der Waals surface area contributed by atoms with E-state index in [-0.39, 0.29) is 18.3 Å². The van der Waals surface area contributed by atoms with Crippen LogP contribution in [0.15, 0.2) is 0 Å². The molecule has 0 bridgehead atoms. The van der Waals surface area contributed by atoms with Gasteiger partial charge in [0, 0.05) is 5.92 Å². The van der Waals surface area contributed by atoms with Crippen LogP contribution >= 0.6 is 0 Å². The Labute approximate surface area is 108 Å². The molecule has 2 fully saturated rings. The van der Waals surface area contributed by atoms with Crippen LogP contribution in [0.1, 0.15) is 57.8 Å². The maximum absolute atomic E-state index is 11.9. The first kappa shape index (κ1) is 13.5. The summed E-state index contributed by atoms with van der Waals surface area (Å²) < 4.78 is 5.01. The van der Waals surface area contributed by atoms with Crippen LogP contribution < -0.4 is 0 Å². The second-order valence-electron chi connectivity index (χ2n) is 5.62. The molecule has 0 atom stereocenters. The number of ketones is 1. The zero-order valence-corrected chi connectivity index (χ0v) is 10.8. The molecule has 102 valence electrons. The molecule has 4 nitrogen and oxygen atoms in total. The Kier molecular flexibility index (Phi) is 4.38. The molecule has 2 saturated carbocycles. The first-order chi connectivity index (χ1) is 8.62. The van der Waals surface area contributed by atoms with Gasteiger partial charge in [0.1, 0.15) is 6.61 Å². The van der Waals surface area contributed by atoms with Crippen LogP contribution in [0.3, 0.4) is 0 Å². The third-order valence-electron chi connectivity index (χ3n) is 4.22. The van der Waals surface area contributed by atoms with E-state index in [0.29, 0.717) is 12.8 Å². The number of carbonyl (C=O) groups excluding carboxylic acids is 2. The molecular weight excluding hydrogens is 232 g/mol. The third kappa shape index (κ3) is 3.10. The molecule has 0 aromatic carbocycles. The molecule has 0 aromatic rings. The predicted octanol–water partition coefficient (Wildman–Crippen LogP) is 1.98. The van der Waals surface area contributed by atoms with Crippen molar-refractivity contribution in [1.29, 1.82) is 0 Å². The van der Waals surface area contributed by atoms with Gasteiger partial charge in [-0.1, -0.05) is 19.3 Å². The van der Waals surface area contributed by atoms with E-state index in [4.69, 9.17) is 4.74 Å². The van der Waals surface area contributed by atoms with Gasteiger partial charge in [-0.3, -0.25) is 4.79 Å². The predicted molar refractivity (Wildman–Crippen MR) is 66.0 cm³/mol. The van der Waals surface area contributed by atoms with E-state index in [2.05, 4.69) is 0 Å². The number of ether oxygens (including phenoxy) is 1. The summed E-state index contributed by atoms with van der Waals surface area (Å²) >= 11 is 0. The van der Waals surface area contributed by atoms with Crippen LogP contribution in [0.2, 0.25) is 0 Å². The fourth-order valence-corrected chi connectivity index (χ4v) is 2.98. The van der Waals surface area contributed by atoms with Crippen molar-refractivity contribution in [2.75, 3.05) is 6.61 Å². The highest BCUT2D eigenvalue weighted by atomic mass is 16.6. The van der Waals surface area contributed by atoms with E-state index in [1.54, 1.807) is 0 Å². The first-order valence-electron chi connectivity index (χ1n) is 7.04. The minimum atomic E-state index is -1.33. The molecule has 0 amide bonds. The fraction of sp³-hybridized carbons (Fsp3) is 0.857. The second-order valence-corrected chi connectivity index (χ2v) is 5.62. The van der Waals surface area contributed by atoms with Crippen molar-refractivity contribution in [3.63, 3.8) is 0 Å². The Bertz CT molecular complexity index is 312. The Morgan fingerprint density at radius 2 is 1.67 bits per heavy atom. The molecule has 4 heteroatoms. The number of hydrogen-bond acceptors (Lipinski definition) is 4. The Hall–Kier alpha value is -0.900. The van der Waals surface area contributed by atoms with Gasteiger partial charge in [0.25, 0.3) is 0 Å². The highest BCUT2D eigenvalue weighted by molar-refractivity contribution is 5.86. The van der Waals surface area contributed by atoms with E-state index in [1.165, 1.54) is 6.42 Å². The number of aliphatic hydroxyl groups is 1. The monoisotopic (exact) mass is 254 g/mol. The normalized spacial score (nSPS) is 23.8. The van der Waals surface area contributed by atoms with Crippen molar-refractivity contribution in [3.8, 4) is 0 Å². The zero-order chi connectivity index (χ0) is 13.0. The summed E-state index contributed by atoms with van der Waals surface area (Å²) in [5.41, 5.74) is -1.33. The highest BCUT2D eigenvalue weighted by Crippen LogP contribution is 2.30. The van der Waals surface area contributed by atoms with E-state index in [1.807, 2.05) is 0 Å². The Morgan fingerprint density at radius 1 is 1.06 bits per heavy atom. The van der Waals surface area contributed by atoms with Crippen molar-refractivity contribution < 1.29 is 19.4 Å². The van der Waals surface area contributed by atoms with Crippen LogP contribution in [0.4, 0.5) is 0 Å². The third-order valence-corrected chi connectivity index (χ3v) is 4.22. The molecule has 2 aliphatic carbocycles.